The number of alkyl halides is 2. The van der Waals surface area contributed by atoms with Crippen LogP contribution >= 0.6 is 23.2 Å². The minimum atomic E-state index is -2.43. The molecule has 1 rings (SSSR count). The van der Waals surface area contributed by atoms with Crippen molar-refractivity contribution in [2.75, 3.05) is 24.2 Å². The Hall–Kier alpha value is -0.740. The number of nitrogen functional groups attached to an aromatic ring is 1. The maximum Gasteiger partial charge on any atom is 0.255 e. The molecule has 2 nitrogen and oxygen atoms in total. The molecule has 84 valence electrons. The summed E-state index contributed by atoms with van der Waals surface area (Å²) in [6.07, 6.45) is -2.43. The van der Waals surface area contributed by atoms with Crippen molar-refractivity contribution in [3.8, 4) is 0 Å². The largest absolute Gasteiger partial charge is 0.397 e. The van der Waals surface area contributed by atoms with Crippen molar-refractivity contribution in [3.05, 3.63) is 22.2 Å². The molecule has 1 aromatic carbocycles. The summed E-state index contributed by atoms with van der Waals surface area (Å²) in [6.45, 7) is -0.401. The van der Waals surface area contributed by atoms with Gasteiger partial charge in [-0.25, -0.2) is 8.78 Å². The van der Waals surface area contributed by atoms with Gasteiger partial charge >= 0.3 is 0 Å². The average Bonchev–Trinajstić information content (AvgIpc) is 2.09. The van der Waals surface area contributed by atoms with E-state index in [1.165, 1.54) is 24.1 Å². The van der Waals surface area contributed by atoms with Gasteiger partial charge in [0.2, 0.25) is 0 Å². The summed E-state index contributed by atoms with van der Waals surface area (Å²) >= 11 is 11.5. The monoisotopic (exact) mass is 254 g/mol. The molecule has 15 heavy (non-hydrogen) atoms. The van der Waals surface area contributed by atoms with Gasteiger partial charge in [0.15, 0.2) is 0 Å². The number of nitrogens with two attached hydrogens (primary N) is 1. The Morgan fingerprint density at radius 3 is 2.40 bits per heavy atom. The van der Waals surface area contributed by atoms with Gasteiger partial charge in [-0.1, -0.05) is 23.2 Å². The Morgan fingerprint density at radius 2 is 1.87 bits per heavy atom. The molecule has 0 aliphatic heterocycles. The summed E-state index contributed by atoms with van der Waals surface area (Å²) in [6, 6.07) is 2.92. The molecular formula is C9H10Cl2F2N2. The quantitative estimate of drug-likeness (QED) is 0.840. The molecule has 0 heterocycles. The molecule has 6 heteroatoms. The lowest BCUT2D eigenvalue weighted by molar-refractivity contribution is 0.156. The van der Waals surface area contributed by atoms with E-state index >= 15 is 0 Å². The molecule has 1 aromatic rings. The van der Waals surface area contributed by atoms with Crippen LogP contribution in [0, 0.1) is 0 Å². The highest BCUT2D eigenvalue weighted by atomic mass is 35.5. The maximum absolute atomic E-state index is 12.1. The molecule has 0 fully saturated rings. The first-order valence-electron chi connectivity index (χ1n) is 4.15. The SMILES string of the molecule is CN(CC(F)F)c1cc(Cl)c(Cl)cc1N. The summed E-state index contributed by atoms with van der Waals surface area (Å²) < 4.78 is 24.3. The molecule has 0 aromatic heterocycles. The van der Waals surface area contributed by atoms with Gasteiger partial charge in [0.25, 0.3) is 6.43 Å². The predicted octanol–water partition coefficient (Wildman–Crippen LogP) is 3.28. The molecule has 0 saturated carbocycles. The number of rotatable bonds is 3. The van der Waals surface area contributed by atoms with Crippen molar-refractivity contribution < 1.29 is 8.78 Å². The summed E-state index contributed by atoms with van der Waals surface area (Å²) in [7, 11) is 1.52. The zero-order valence-corrected chi connectivity index (χ0v) is 9.49. The number of hydrogen-bond acceptors (Lipinski definition) is 2. The van der Waals surface area contributed by atoms with Gasteiger partial charge in [-0.2, -0.15) is 0 Å². The number of nitrogens with zero attached hydrogens (tertiary/aromatic N) is 1. The van der Waals surface area contributed by atoms with E-state index in [1.807, 2.05) is 0 Å². The molecule has 0 aliphatic rings. The second kappa shape index (κ2) is 4.86. The van der Waals surface area contributed by atoms with Crippen LogP contribution in [0.15, 0.2) is 12.1 Å². The van der Waals surface area contributed by atoms with Gasteiger partial charge in [-0.15, -0.1) is 0 Å². The first-order valence-corrected chi connectivity index (χ1v) is 4.91. The smallest absolute Gasteiger partial charge is 0.255 e. The Morgan fingerprint density at radius 1 is 1.33 bits per heavy atom. The fraction of sp³-hybridized carbons (Fsp3) is 0.333. The van der Waals surface area contributed by atoms with E-state index in [1.54, 1.807) is 0 Å². The van der Waals surface area contributed by atoms with E-state index in [0.29, 0.717) is 21.4 Å². The molecular weight excluding hydrogens is 245 g/mol. The first-order chi connectivity index (χ1) is 6.91. The van der Waals surface area contributed by atoms with Gasteiger partial charge in [0, 0.05) is 7.05 Å². The topological polar surface area (TPSA) is 29.3 Å². The van der Waals surface area contributed by atoms with Gasteiger partial charge in [0.05, 0.1) is 28.0 Å². The van der Waals surface area contributed by atoms with Crippen LogP contribution in [0.1, 0.15) is 0 Å². The number of anilines is 2. The van der Waals surface area contributed by atoms with Crippen LogP contribution in [0.4, 0.5) is 20.2 Å². The first kappa shape index (κ1) is 12.3. The van der Waals surface area contributed by atoms with Gasteiger partial charge in [-0.3, -0.25) is 0 Å². The highest BCUT2D eigenvalue weighted by Crippen LogP contribution is 2.32. The fourth-order valence-corrected chi connectivity index (χ4v) is 1.52. The summed E-state index contributed by atoms with van der Waals surface area (Å²) in [4.78, 5) is 1.34. The van der Waals surface area contributed by atoms with E-state index in [2.05, 4.69) is 0 Å². The summed E-state index contributed by atoms with van der Waals surface area (Å²) in [5.41, 5.74) is 6.41. The molecule has 2 N–H and O–H groups in total. The lowest BCUT2D eigenvalue weighted by Crippen LogP contribution is -2.24. The fourth-order valence-electron chi connectivity index (χ4n) is 1.19. The standard InChI is InChI=1S/C9H10Cl2F2N2/c1-15(4-9(12)13)8-3-6(11)5(10)2-7(8)14/h2-3,9H,4,14H2,1H3. The van der Waals surface area contributed by atoms with Crippen molar-refractivity contribution in [2.45, 2.75) is 6.43 Å². The zero-order valence-electron chi connectivity index (χ0n) is 7.98. The van der Waals surface area contributed by atoms with Crippen LogP contribution in [0.25, 0.3) is 0 Å². The van der Waals surface area contributed by atoms with Crippen LogP contribution in [0.2, 0.25) is 10.0 Å². The van der Waals surface area contributed by atoms with E-state index < -0.39 is 13.0 Å². The number of halogens is 4. The van der Waals surface area contributed by atoms with Gasteiger partial charge < -0.3 is 10.6 Å². The lowest BCUT2D eigenvalue weighted by Gasteiger charge is -2.21. The van der Waals surface area contributed by atoms with Crippen molar-refractivity contribution in [1.82, 2.24) is 0 Å². The Labute approximate surface area is 96.6 Å². The van der Waals surface area contributed by atoms with Gasteiger partial charge in [-0.05, 0) is 12.1 Å². The summed E-state index contributed by atoms with van der Waals surface area (Å²) in [5, 5.41) is 0.602. The molecule has 0 unspecified atom stereocenters. The highest BCUT2D eigenvalue weighted by Gasteiger charge is 2.13. The summed E-state index contributed by atoms with van der Waals surface area (Å²) in [5.74, 6) is 0. The molecule has 0 bridgehead atoms. The second-order valence-electron chi connectivity index (χ2n) is 3.10. The molecule has 0 saturated heterocycles. The Bertz CT molecular complexity index is 358. The van der Waals surface area contributed by atoms with Gasteiger partial charge in [0.1, 0.15) is 0 Å². The number of hydrogen-bond donors (Lipinski definition) is 1. The van der Waals surface area contributed by atoms with Crippen molar-refractivity contribution >= 4 is 34.6 Å². The van der Waals surface area contributed by atoms with E-state index in [0.717, 1.165) is 0 Å². The Balaban J connectivity index is 2.98. The van der Waals surface area contributed by atoms with Crippen LogP contribution < -0.4 is 10.6 Å². The molecule has 0 aliphatic carbocycles. The zero-order chi connectivity index (χ0) is 11.6. The van der Waals surface area contributed by atoms with Crippen LogP contribution in [0.5, 0.6) is 0 Å². The van der Waals surface area contributed by atoms with Crippen LogP contribution in [-0.4, -0.2) is 20.0 Å². The predicted molar refractivity (Wildman–Crippen MR) is 60.1 cm³/mol. The van der Waals surface area contributed by atoms with Crippen molar-refractivity contribution in [3.63, 3.8) is 0 Å². The van der Waals surface area contributed by atoms with E-state index in [9.17, 15) is 8.78 Å². The average molecular weight is 255 g/mol. The molecule has 0 spiro atoms. The molecule has 0 atom stereocenters. The molecule has 0 radical (unpaired) electrons. The normalized spacial score (nSPS) is 10.8. The minimum Gasteiger partial charge on any atom is -0.397 e. The third kappa shape index (κ3) is 3.11. The van der Waals surface area contributed by atoms with Crippen molar-refractivity contribution in [1.29, 1.82) is 0 Å². The highest BCUT2D eigenvalue weighted by molar-refractivity contribution is 6.42. The third-order valence-corrected chi connectivity index (χ3v) is 2.61. The third-order valence-electron chi connectivity index (χ3n) is 1.89. The second-order valence-corrected chi connectivity index (χ2v) is 3.91. The maximum atomic E-state index is 12.1. The number of benzene rings is 1. The van der Waals surface area contributed by atoms with Crippen LogP contribution in [0.3, 0.4) is 0 Å². The van der Waals surface area contributed by atoms with Crippen molar-refractivity contribution in [2.24, 2.45) is 0 Å². The Kier molecular flexibility index (Phi) is 3.99. The van der Waals surface area contributed by atoms with E-state index in [4.69, 9.17) is 28.9 Å². The molecule has 0 amide bonds. The lowest BCUT2D eigenvalue weighted by atomic mass is 10.2. The minimum absolute atomic E-state index is 0.294. The van der Waals surface area contributed by atoms with E-state index in [-0.39, 0.29) is 0 Å². The van der Waals surface area contributed by atoms with Crippen LogP contribution in [-0.2, 0) is 0 Å².